The number of hydrogen-bond donors (Lipinski definition) is 2. The van der Waals surface area contributed by atoms with E-state index in [1.165, 1.54) is 6.07 Å². The Balaban J connectivity index is 2.12. The molecule has 0 aliphatic heterocycles. The van der Waals surface area contributed by atoms with Crippen LogP contribution in [0.2, 0.25) is 0 Å². The molecule has 0 fully saturated rings. The van der Waals surface area contributed by atoms with Gasteiger partial charge in [-0.25, -0.2) is 0 Å². The summed E-state index contributed by atoms with van der Waals surface area (Å²) in [6.07, 6.45) is 0.689. The molecule has 2 aromatic rings. The molecule has 0 saturated heterocycles. The molecule has 5 nitrogen and oxygen atoms in total. The first-order valence-corrected chi connectivity index (χ1v) is 6.33. The molecule has 0 unspecified atom stereocenters. The molecule has 2 N–H and O–H groups in total. The van der Waals surface area contributed by atoms with Gasteiger partial charge in [0, 0.05) is 29.4 Å². The van der Waals surface area contributed by atoms with E-state index < -0.39 is 0 Å². The molecule has 0 radical (unpaired) electrons. The summed E-state index contributed by atoms with van der Waals surface area (Å²) in [5.41, 5.74) is 1.93. The van der Waals surface area contributed by atoms with Crippen LogP contribution in [0.3, 0.4) is 0 Å². The van der Waals surface area contributed by atoms with Gasteiger partial charge in [-0.05, 0) is 36.4 Å². The monoisotopic (exact) mass is 282 g/mol. The van der Waals surface area contributed by atoms with E-state index in [4.69, 9.17) is 0 Å². The van der Waals surface area contributed by atoms with Crippen LogP contribution in [0.4, 0.5) is 5.69 Å². The van der Waals surface area contributed by atoms with Crippen molar-refractivity contribution in [3.8, 4) is 0 Å². The summed E-state index contributed by atoms with van der Waals surface area (Å²) in [5.74, 6) is -0.502. The fraction of sp³-hybridized carbons (Fsp3) is 0.0625. The fourth-order valence-corrected chi connectivity index (χ4v) is 1.81. The molecule has 0 heterocycles. The first-order chi connectivity index (χ1) is 10.1. The van der Waals surface area contributed by atoms with Crippen LogP contribution in [-0.2, 0) is 0 Å². The zero-order chi connectivity index (χ0) is 15.2. The molecule has 0 atom stereocenters. The second kappa shape index (κ2) is 6.47. The highest BCUT2D eigenvalue weighted by Gasteiger charge is 2.08. The standard InChI is InChI=1S/C16H14N2O3/c1-17-15(20)12-5-7-14(8-6-12)18-16(21)13-4-2-3-11(9-13)10-19/h2-10H,1H3,(H,17,20)(H,18,21). The number of benzene rings is 2. The summed E-state index contributed by atoms with van der Waals surface area (Å²) in [4.78, 5) is 34.2. The van der Waals surface area contributed by atoms with E-state index in [2.05, 4.69) is 10.6 Å². The Bertz CT molecular complexity index is 678. The summed E-state index contributed by atoms with van der Waals surface area (Å²) in [5, 5.41) is 5.23. The Morgan fingerprint density at radius 1 is 0.952 bits per heavy atom. The van der Waals surface area contributed by atoms with Crippen molar-refractivity contribution in [1.29, 1.82) is 0 Å². The summed E-state index contributed by atoms with van der Waals surface area (Å²) in [6.45, 7) is 0. The summed E-state index contributed by atoms with van der Waals surface area (Å²) in [6, 6.07) is 12.9. The summed E-state index contributed by atoms with van der Waals surface area (Å²) >= 11 is 0. The predicted molar refractivity (Wildman–Crippen MR) is 79.6 cm³/mol. The van der Waals surface area contributed by atoms with Gasteiger partial charge in [0.25, 0.3) is 11.8 Å². The molecule has 0 saturated carbocycles. The van der Waals surface area contributed by atoms with Crippen molar-refractivity contribution in [3.63, 3.8) is 0 Å². The van der Waals surface area contributed by atoms with Gasteiger partial charge < -0.3 is 10.6 Å². The lowest BCUT2D eigenvalue weighted by Gasteiger charge is -2.06. The highest BCUT2D eigenvalue weighted by molar-refractivity contribution is 6.05. The Morgan fingerprint density at radius 2 is 1.67 bits per heavy atom. The minimum absolute atomic E-state index is 0.188. The fourth-order valence-electron chi connectivity index (χ4n) is 1.81. The Kier molecular flexibility index (Phi) is 4.46. The van der Waals surface area contributed by atoms with E-state index in [9.17, 15) is 14.4 Å². The third-order valence-electron chi connectivity index (χ3n) is 2.92. The van der Waals surface area contributed by atoms with Gasteiger partial charge in [-0.3, -0.25) is 14.4 Å². The number of carbonyl (C=O) groups is 3. The molecule has 106 valence electrons. The molecule has 5 heteroatoms. The highest BCUT2D eigenvalue weighted by atomic mass is 16.2. The number of hydrogen-bond acceptors (Lipinski definition) is 3. The van der Waals surface area contributed by atoms with Crippen molar-refractivity contribution in [2.24, 2.45) is 0 Å². The Labute approximate surface area is 122 Å². The number of nitrogens with one attached hydrogen (secondary N) is 2. The zero-order valence-electron chi connectivity index (χ0n) is 11.4. The highest BCUT2D eigenvalue weighted by Crippen LogP contribution is 2.12. The van der Waals surface area contributed by atoms with Crippen molar-refractivity contribution < 1.29 is 14.4 Å². The molecule has 0 spiro atoms. The van der Waals surface area contributed by atoms with E-state index in [0.717, 1.165) is 0 Å². The van der Waals surface area contributed by atoms with E-state index in [0.29, 0.717) is 28.7 Å². The summed E-state index contributed by atoms with van der Waals surface area (Å²) in [7, 11) is 1.55. The van der Waals surface area contributed by atoms with Gasteiger partial charge in [0.05, 0.1) is 0 Å². The number of carbonyl (C=O) groups excluding carboxylic acids is 3. The number of amides is 2. The van der Waals surface area contributed by atoms with Gasteiger partial charge in [-0.15, -0.1) is 0 Å². The predicted octanol–water partition coefficient (Wildman–Crippen LogP) is 2.11. The largest absolute Gasteiger partial charge is 0.355 e. The normalized spacial score (nSPS) is 9.76. The van der Waals surface area contributed by atoms with Crippen LogP contribution < -0.4 is 10.6 Å². The lowest BCUT2D eigenvalue weighted by molar-refractivity contribution is 0.0962. The maximum atomic E-state index is 12.1. The van der Waals surface area contributed by atoms with Crippen molar-refractivity contribution in [2.45, 2.75) is 0 Å². The van der Waals surface area contributed by atoms with Crippen LogP contribution in [0.1, 0.15) is 31.1 Å². The molecule has 0 aliphatic rings. The number of aldehydes is 1. The van der Waals surface area contributed by atoms with Crippen molar-refractivity contribution in [1.82, 2.24) is 5.32 Å². The van der Waals surface area contributed by atoms with Crippen molar-refractivity contribution in [2.75, 3.05) is 12.4 Å². The Morgan fingerprint density at radius 3 is 2.29 bits per heavy atom. The second-order valence-corrected chi connectivity index (χ2v) is 4.35. The van der Waals surface area contributed by atoms with Gasteiger partial charge in [0.1, 0.15) is 6.29 Å². The molecule has 2 rings (SSSR count). The Hall–Kier alpha value is -2.95. The van der Waals surface area contributed by atoms with E-state index in [-0.39, 0.29) is 11.8 Å². The molecule has 21 heavy (non-hydrogen) atoms. The number of anilines is 1. The maximum Gasteiger partial charge on any atom is 0.255 e. The summed E-state index contributed by atoms with van der Waals surface area (Å²) < 4.78 is 0. The van der Waals surface area contributed by atoms with Crippen LogP contribution in [0.25, 0.3) is 0 Å². The molecular formula is C16H14N2O3. The molecule has 2 aromatic carbocycles. The van der Waals surface area contributed by atoms with Gasteiger partial charge >= 0.3 is 0 Å². The lowest BCUT2D eigenvalue weighted by atomic mass is 10.1. The third-order valence-corrected chi connectivity index (χ3v) is 2.92. The van der Waals surface area contributed by atoms with Crippen molar-refractivity contribution in [3.05, 3.63) is 65.2 Å². The minimum Gasteiger partial charge on any atom is -0.355 e. The van der Waals surface area contributed by atoms with Crippen LogP contribution in [-0.4, -0.2) is 25.1 Å². The average molecular weight is 282 g/mol. The SMILES string of the molecule is CNC(=O)c1ccc(NC(=O)c2cccc(C=O)c2)cc1. The third kappa shape index (κ3) is 3.54. The van der Waals surface area contributed by atoms with Gasteiger partial charge in [-0.2, -0.15) is 0 Å². The van der Waals surface area contributed by atoms with E-state index >= 15 is 0 Å². The second-order valence-electron chi connectivity index (χ2n) is 4.35. The van der Waals surface area contributed by atoms with Crippen LogP contribution in [0.5, 0.6) is 0 Å². The van der Waals surface area contributed by atoms with Crippen LogP contribution in [0.15, 0.2) is 48.5 Å². The smallest absolute Gasteiger partial charge is 0.255 e. The first kappa shape index (κ1) is 14.5. The lowest BCUT2D eigenvalue weighted by Crippen LogP contribution is -2.17. The first-order valence-electron chi connectivity index (χ1n) is 6.33. The molecule has 0 aromatic heterocycles. The van der Waals surface area contributed by atoms with Crippen molar-refractivity contribution >= 4 is 23.8 Å². The van der Waals surface area contributed by atoms with E-state index in [1.54, 1.807) is 49.5 Å². The van der Waals surface area contributed by atoms with Gasteiger partial charge in [0.15, 0.2) is 0 Å². The van der Waals surface area contributed by atoms with Crippen LogP contribution in [0, 0.1) is 0 Å². The minimum atomic E-state index is -0.314. The molecule has 0 aliphatic carbocycles. The maximum absolute atomic E-state index is 12.1. The zero-order valence-corrected chi connectivity index (χ0v) is 11.4. The van der Waals surface area contributed by atoms with Crippen LogP contribution >= 0.6 is 0 Å². The quantitative estimate of drug-likeness (QED) is 0.843. The average Bonchev–Trinajstić information content (AvgIpc) is 2.54. The topological polar surface area (TPSA) is 75.3 Å². The molecule has 0 bridgehead atoms. The van der Waals surface area contributed by atoms with Gasteiger partial charge in [0.2, 0.25) is 0 Å². The van der Waals surface area contributed by atoms with Gasteiger partial charge in [-0.1, -0.05) is 12.1 Å². The number of rotatable bonds is 4. The van der Waals surface area contributed by atoms with E-state index in [1.807, 2.05) is 0 Å². The molecule has 2 amide bonds. The molecular weight excluding hydrogens is 268 g/mol.